The van der Waals surface area contributed by atoms with Gasteiger partial charge in [-0.2, -0.15) is 4.98 Å². The molecule has 28 heavy (non-hydrogen) atoms. The number of hydrogen-bond donors (Lipinski definition) is 2. The highest BCUT2D eigenvalue weighted by Gasteiger charge is 2.33. The zero-order valence-electron chi connectivity index (χ0n) is 16.3. The van der Waals surface area contributed by atoms with Crippen LogP contribution in [-0.2, 0) is 4.79 Å². The van der Waals surface area contributed by atoms with E-state index in [0.717, 1.165) is 45.1 Å². The molecule has 8 heteroatoms. The highest BCUT2D eigenvalue weighted by Crippen LogP contribution is 2.30. The molecule has 1 saturated heterocycles. The molecule has 1 aromatic rings. The molecular formula is C20H29N5O3. The molecule has 3 aliphatic rings. The van der Waals surface area contributed by atoms with Crippen molar-refractivity contribution in [1.29, 1.82) is 0 Å². The maximum absolute atomic E-state index is 12.4. The summed E-state index contributed by atoms with van der Waals surface area (Å²) in [6, 6.07) is 0.160. The third-order valence-electron chi connectivity index (χ3n) is 5.71. The molecule has 2 N–H and O–H groups in total. The lowest BCUT2D eigenvalue weighted by molar-refractivity contribution is -0.122. The summed E-state index contributed by atoms with van der Waals surface area (Å²) in [6.45, 7) is 1.82. The van der Waals surface area contributed by atoms with Gasteiger partial charge < -0.3 is 15.2 Å². The van der Waals surface area contributed by atoms with Crippen LogP contribution < -0.4 is 10.6 Å². The molecular weight excluding hydrogens is 358 g/mol. The normalized spacial score (nSPS) is 22.7. The Hall–Kier alpha value is -2.22. The number of carbonyl (C=O) groups is 2. The minimum Gasteiger partial charge on any atom is -0.355 e. The minimum absolute atomic E-state index is 0.0227. The highest BCUT2D eigenvalue weighted by atomic mass is 16.5. The first-order valence-corrected chi connectivity index (χ1v) is 10.5. The van der Waals surface area contributed by atoms with E-state index >= 15 is 0 Å². The second-order valence-electron chi connectivity index (χ2n) is 8.04. The zero-order valence-corrected chi connectivity index (χ0v) is 16.3. The van der Waals surface area contributed by atoms with E-state index in [1.807, 2.05) is 0 Å². The van der Waals surface area contributed by atoms with Crippen molar-refractivity contribution in [3.63, 3.8) is 0 Å². The topological polar surface area (TPSA) is 100 Å². The number of allylic oxidation sites excluding steroid dienone is 1. The number of nitrogens with one attached hydrogen (secondary N) is 2. The van der Waals surface area contributed by atoms with Crippen molar-refractivity contribution in [1.82, 2.24) is 25.7 Å². The third-order valence-corrected chi connectivity index (χ3v) is 5.71. The number of aromatic nitrogens is 2. The molecule has 0 spiro atoms. The fourth-order valence-electron chi connectivity index (χ4n) is 3.97. The van der Waals surface area contributed by atoms with Gasteiger partial charge in [0.2, 0.25) is 11.8 Å². The summed E-state index contributed by atoms with van der Waals surface area (Å²) in [5.74, 6) is 0.254. The Morgan fingerprint density at radius 2 is 2.11 bits per heavy atom. The number of likely N-dealkylation sites (tertiary alicyclic amines) is 1. The van der Waals surface area contributed by atoms with Gasteiger partial charge in [-0.05, 0) is 64.3 Å². The van der Waals surface area contributed by atoms with E-state index < -0.39 is 0 Å². The van der Waals surface area contributed by atoms with E-state index in [0.29, 0.717) is 19.0 Å². The molecule has 152 valence electrons. The van der Waals surface area contributed by atoms with Crippen molar-refractivity contribution in [2.75, 3.05) is 19.6 Å². The molecule has 2 aliphatic carbocycles. The summed E-state index contributed by atoms with van der Waals surface area (Å²) < 4.78 is 5.34. The average molecular weight is 387 g/mol. The Balaban J connectivity index is 1.26. The number of carbonyl (C=O) groups excluding carboxylic acids is 2. The fourth-order valence-corrected chi connectivity index (χ4v) is 3.97. The quantitative estimate of drug-likeness (QED) is 0.663. The Labute approximate surface area is 165 Å². The van der Waals surface area contributed by atoms with E-state index in [1.165, 1.54) is 24.8 Å². The molecule has 0 aromatic carbocycles. The predicted octanol–water partition coefficient (Wildman–Crippen LogP) is 2.11. The summed E-state index contributed by atoms with van der Waals surface area (Å²) in [5.41, 5.74) is 1.47. The molecule has 8 nitrogen and oxygen atoms in total. The molecule has 0 radical (unpaired) electrons. The first kappa shape index (κ1) is 19.1. The van der Waals surface area contributed by atoms with Crippen LogP contribution in [0.2, 0.25) is 0 Å². The lowest BCUT2D eigenvalue weighted by Crippen LogP contribution is -2.37. The van der Waals surface area contributed by atoms with Crippen molar-refractivity contribution in [3.8, 4) is 0 Å². The maximum atomic E-state index is 12.4. The van der Waals surface area contributed by atoms with Gasteiger partial charge in [0.25, 0.3) is 11.7 Å². The van der Waals surface area contributed by atoms with Crippen LogP contribution in [0.3, 0.4) is 0 Å². The van der Waals surface area contributed by atoms with E-state index in [1.54, 1.807) is 0 Å². The summed E-state index contributed by atoms with van der Waals surface area (Å²) in [7, 11) is 0. The van der Waals surface area contributed by atoms with E-state index in [4.69, 9.17) is 4.52 Å². The highest BCUT2D eigenvalue weighted by molar-refractivity contribution is 5.90. The molecule has 1 unspecified atom stereocenters. The van der Waals surface area contributed by atoms with Crippen LogP contribution in [0.1, 0.15) is 80.3 Å². The van der Waals surface area contributed by atoms with Gasteiger partial charge in [-0.1, -0.05) is 16.8 Å². The van der Waals surface area contributed by atoms with Gasteiger partial charge in [-0.15, -0.1) is 0 Å². The van der Waals surface area contributed by atoms with E-state index in [-0.39, 0.29) is 29.7 Å². The van der Waals surface area contributed by atoms with Gasteiger partial charge in [-0.3, -0.25) is 14.5 Å². The molecule has 1 saturated carbocycles. The molecule has 1 aromatic heterocycles. The van der Waals surface area contributed by atoms with Crippen molar-refractivity contribution < 1.29 is 14.1 Å². The third kappa shape index (κ3) is 4.98. The van der Waals surface area contributed by atoms with Crippen LogP contribution in [-0.4, -0.2) is 52.5 Å². The van der Waals surface area contributed by atoms with E-state index in [9.17, 15) is 9.59 Å². The van der Waals surface area contributed by atoms with Crippen LogP contribution in [0.4, 0.5) is 0 Å². The first-order valence-electron chi connectivity index (χ1n) is 10.5. The van der Waals surface area contributed by atoms with Gasteiger partial charge >= 0.3 is 0 Å². The van der Waals surface area contributed by atoms with Gasteiger partial charge in [0, 0.05) is 12.6 Å². The molecule has 2 fully saturated rings. The second-order valence-corrected chi connectivity index (χ2v) is 8.04. The fraction of sp³-hybridized carbons (Fsp3) is 0.700. The lowest BCUT2D eigenvalue weighted by atomic mass is 9.97. The van der Waals surface area contributed by atoms with Gasteiger partial charge in [-0.25, -0.2) is 0 Å². The van der Waals surface area contributed by atoms with Gasteiger partial charge in [0.15, 0.2) is 0 Å². The number of nitrogens with zero attached hydrogens (tertiary/aromatic N) is 3. The predicted molar refractivity (Wildman–Crippen MR) is 103 cm³/mol. The Bertz CT molecular complexity index is 740. The summed E-state index contributed by atoms with van der Waals surface area (Å²) in [4.78, 5) is 30.8. The van der Waals surface area contributed by atoms with Crippen LogP contribution in [0, 0.1) is 0 Å². The monoisotopic (exact) mass is 387 g/mol. The van der Waals surface area contributed by atoms with Crippen molar-refractivity contribution in [3.05, 3.63) is 23.4 Å². The SMILES string of the molecule is O=C(CN1CCCC1c1nc(C(=O)NC2CC2)no1)NCCC1=CCCCC1. The van der Waals surface area contributed by atoms with E-state index in [2.05, 4.69) is 31.8 Å². The molecule has 4 rings (SSSR count). The first-order chi connectivity index (χ1) is 13.7. The van der Waals surface area contributed by atoms with Crippen molar-refractivity contribution in [2.45, 2.75) is 69.9 Å². The van der Waals surface area contributed by atoms with Gasteiger partial charge in [0.1, 0.15) is 0 Å². The minimum atomic E-state index is -0.281. The second kappa shape index (κ2) is 8.86. The standard InChI is InChI=1S/C20H29N5O3/c26-17(21-11-10-14-5-2-1-3-6-14)13-25-12-4-7-16(25)20-23-18(24-28-20)19(27)22-15-8-9-15/h5,15-16H,1-4,6-13H2,(H,21,26)(H,22,27). The number of rotatable bonds is 8. The maximum Gasteiger partial charge on any atom is 0.292 e. The lowest BCUT2D eigenvalue weighted by Gasteiger charge is -2.21. The largest absolute Gasteiger partial charge is 0.355 e. The van der Waals surface area contributed by atoms with Crippen molar-refractivity contribution >= 4 is 11.8 Å². The Morgan fingerprint density at radius 1 is 1.21 bits per heavy atom. The smallest absolute Gasteiger partial charge is 0.292 e. The van der Waals surface area contributed by atoms with Gasteiger partial charge in [0.05, 0.1) is 12.6 Å². The zero-order chi connectivity index (χ0) is 19.3. The molecule has 2 amide bonds. The van der Waals surface area contributed by atoms with Crippen LogP contribution in [0.15, 0.2) is 16.2 Å². The molecule has 0 bridgehead atoms. The summed E-state index contributed by atoms with van der Waals surface area (Å²) in [5, 5.41) is 9.71. The Kier molecular flexibility index (Phi) is 6.04. The summed E-state index contributed by atoms with van der Waals surface area (Å²) >= 11 is 0. The Morgan fingerprint density at radius 3 is 2.89 bits per heavy atom. The van der Waals surface area contributed by atoms with Crippen LogP contribution in [0.5, 0.6) is 0 Å². The molecule has 1 atom stereocenters. The molecule has 2 heterocycles. The molecule has 1 aliphatic heterocycles. The van der Waals surface area contributed by atoms with Crippen molar-refractivity contribution in [2.24, 2.45) is 0 Å². The number of amides is 2. The summed E-state index contributed by atoms with van der Waals surface area (Å²) in [6.07, 6.45) is 12.0. The van der Waals surface area contributed by atoms with Crippen LogP contribution >= 0.6 is 0 Å². The number of hydrogen-bond acceptors (Lipinski definition) is 6. The van der Waals surface area contributed by atoms with Crippen LogP contribution in [0.25, 0.3) is 0 Å². The average Bonchev–Trinajstić information content (AvgIpc) is 3.18.